The fourth-order valence-corrected chi connectivity index (χ4v) is 6.09. The van der Waals surface area contributed by atoms with Crippen LogP contribution in [-0.2, 0) is 65.9 Å². The molecule has 2 aromatic carbocycles. The van der Waals surface area contributed by atoms with Gasteiger partial charge in [0.15, 0.2) is 0 Å². The molecule has 8 nitrogen and oxygen atoms in total. The van der Waals surface area contributed by atoms with E-state index < -0.39 is 16.5 Å². The average molecular weight is 693 g/mol. The van der Waals surface area contributed by atoms with Crippen LogP contribution in [0.5, 0.6) is 11.5 Å². The van der Waals surface area contributed by atoms with Crippen LogP contribution in [0.4, 0.5) is 0 Å². The minimum atomic E-state index is -2.89. The van der Waals surface area contributed by atoms with Crippen LogP contribution in [0.3, 0.4) is 0 Å². The van der Waals surface area contributed by atoms with Crippen LogP contribution in [0.1, 0.15) is 141 Å². The van der Waals surface area contributed by atoms with Gasteiger partial charge in [0.25, 0.3) is 0 Å². The molecule has 11 heteroatoms. The summed E-state index contributed by atoms with van der Waals surface area (Å²) in [5.74, 6) is 0.624. The average Bonchev–Trinajstić information content (AvgIpc) is 2.83. The summed E-state index contributed by atoms with van der Waals surface area (Å²) in [6.07, 6.45) is 1.41. The van der Waals surface area contributed by atoms with Gasteiger partial charge in [0.2, 0.25) is 0 Å². The van der Waals surface area contributed by atoms with Crippen molar-refractivity contribution in [3.63, 3.8) is 0 Å². The van der Waals surface area contributed by atoms with E-state index >= 15 is 0 Å². The fraction of sp³-hybridized carbons (Fsp3) is 0.647. The Morgan fingerprint density at radius 2 is 0.867 bits per heavy atom. The molecule has 2 atom stereocenters. The van der Waals surface area contributed by atoms with Gasteiger partial charge >= 0.3 is 54.2 Å². The van der Waals surface area contributed by atoms with Crippen molar-refractivity contribution in [1.82, 2.24) is 0 Å². The van der Waals surface area contributed by atoms with Crippen molar-refractivity contribution >= 4 is 54.2 Å². The molecular formula is C34H54CaO8P2+2. The second-order valence-corrected chi connectivity index (χ2v) is 16.7. The molecule has 45 heavy (non-hydrogen) atoms. The molecule has 0 saturated heterocycles. The van der Waals surface area contributed by atoms with Crippen molar-refractivity contribution in [2.24, 2.45) is 0 Å². The third-order valence-electron chi connectivity index (χ3n) is 7.47. The largest absolute Gasteiger partial charge is 2.00 e. The van der Waals surface area contributed by atoms with Gasteiger partial charge in [0, 0.05) is 11.1 Å². The first-order chi connectivity index (χ1) is 19.8. The van der Waals surface area contributed by atoms with Gasteiger partial charge in [0.05, 0.1) is 0 Å². The van der Waals surface area contributed by atoms with E-state index in [9.17, 15) is 29.1 Å². The van der Waals surface area contributed by atoms with Gasteiger partial charge in [-0.05, 0) is 89.1 Å². The van der Waals surface area contributed by atoms with Crippen LogP contribution >= 0.6 is 16.5 Å². The number of aromatic hydroxyl groups is 2. The molecule has 0 aliphatic carbocycles. The van der Waals surface area contributed by atoms with E-state index in [-0.39, 0.29) is 72.6 Å². The molecule has 0 saturated carbocycles. The summed E-state index contributed by atoms with van der Waals surface area (Å²) in [6.45, 7) is 28.5. The first-order valence-corrected chi connectivity index (χ1v) is 17.3. The standard InChI is InChI=1S/2C17H27O4P.Ca/c2*1-8-12-11(10-21-22(19)20)9-13(16(2,3)4)15(18)14(12)17(5,6)7;/h2*9,18H,8,10H2,1-7H3;/q;;+2. The number of hydrogen-bond acceptors (Lipinski definition) is 8. The molecule has 2 rings (SSSR count). The zero-order valence-electron chi connectivity index (χ0n) is 29.9. The van der Waals surface area contributed by atoms with Crippen molar-refractivity contribution in [3.05, 3.63) is 56.6 Å². The van der Waals surface area contributed by atoms with Crippen molar-refractivity contribution in [1.29, 1.82) is 0 Å². The first-order valence-electron chi connectivity index (χ1n) is 15.1. The fourth-order valence-electron chi connectivity index (χ4n) is 5.60. The van der Waals surface area contributed by atoms with Gasteiger partial charge in [-0.15, -0.1) is 9.05 Å². The molecule has 0 radical (unpaired) electrons. The Balaban J connectivity index is 0.000000842. The minimum absolute atomic E-state index is 0. The van der Waals surface area contributed by atoms with Crippen molar-refractivity contribution in [2.75, 3.05) is 0 Å². The van der Waals surface area contributed by atoms with Crippen LogP contribution in [-0.4, -0.2) is 48.0 Å². The molecule has 0 aliphatic rings. The molecule has 0 amide bonds. The molecular weight excluding hydrogens is 638 g/mol. The molecule has 0 aliphatic heterocycles. The van der Waals surface area contributed by atoms with E-state index in [2.05, 4.69) is 0 Å². The number of phenols is 2. The zero-order valence-corrected chi connectivity index (χ0v) is 33.9. The van der Waals surface area contributed by atoms with E-state index in [0.717, 1.165) is 44.5 Å². The van der Waals surface area contributed by atoms with Crippen molar-refractivity contribution < 1.29 is 38.2 Å². The molecule has 0 fully saturated rings. The van der Waals surface area contributed by atoms with Crippen LogP contribution < -0.4 is 9.79 Å². The van der Waals surface area contributed by atoms with E-state index in [1.165, 1.54) is 0 Å². The predicted octanol–water partition coefficient (Wildman–Crippen LogP) is 7.79. The molecule has 248 valence electrons. The maximum absolute atomic E-state index is 10.8. The van der Waals surface area contributed by atoms with Gasteiger partial charge in [0.1, 0.15) is 24.7 Å². The second kappa shape index (κ2) is 17.1. The van der Waals surface area contributed by atoms with E-state index in [1.54, 1.807) is 0 Å². The third-order valence-corrected chi connectivity index (χ3v) is 8.15. The maximum Gasteiger partial charge on any atom is 2.00 e. The number of hydrogen-bond donors (Lipinski definition) is 2. The second-order valence-electron chi connectivity index (χ2n) is 15.3. The summed E-state index contributed by atoms with van der Waals surface area (Å²) < 4.78 is 31.2. The number of benzene rings is 2. The Bertz CT molecular complexity index is 1240. The summed E-state index contributed by atoms with van der Waals surface area (Å²) in [4.78, 5) is 21.5. The summed E-state index contributed by atoms with van der Waals surface area (Å²) in [5, 5.41) is 21.6. The summed E-state index contributed by atoms with van der Waals surface area (Å²) in [7, 11) is -5.77. The Morgan fingerprint density at radius 3 is 1.04 bits per heavy atom. The van der Waals surface area contributed by atoms with Crippen LogP contribution in [0.25, 0.3) is 0 Å². The topological polar surface area (TPSA) is 139 Å². The van der Waals surface area contributed by atoms with Gasteiger partial charge < -0.3 is 20.0 Å². The first kappa shape index (κ1) is 44.3. The molecule has 0 heterocycles. The van der Waals surface area contributed by atoms with Crippen LogP contribution in [0.2, 0.25) is 0 Å². The van der Waals surface area contributed by atoms with Crippen LogP contribution in [0, 0.1) is 0 Å². The molecule has 0 bridgehead atoms. The van der Waals surface area contributed by atoms with Gasteiger partial charge in [-0.2, -0.15) is 0 Å². The Labute approximate surface area is 303 Å². The zero-order chi connectivity index (χ0) is 34.6. The van der Waals surface area contributed by atoms with E-state index in [4.69, 9.17) is 9.05 Å². The molecule has 2 unspecified atom stereocenters. The van der Waals surface area contributed by atoms with Crippen molar-refractivity contribution in [3.8, 4) is 11.5 Å². The van der Waals surface area contributed by atoms with Gasteiger partial charge in [-0.3, -0.25) is 0 Å². The Hall–Kier alpha value is -0.660. The normalized spacial score (nSPS) is 13.1. The van der Waals surface area contributed by atoms with E-state index in [0.29, 0.717) is 24.3 Å². The monoisotopic (exact) mass is 692 g/mol. The number of rotatable bonds is 8. The molecule has 0 aromatic heterocycles. The Morgan fingerprint density at radius 1 is 0.600 bits per heavy atom. The molecule has 2 N–H and O–H groups in total. The predicted molar refractivity (Wildman–Crippen MR) is 180 cm³/mol. The molecule has 0 spiro atoms. The van der Waals surface area contributed by atoms with E-state index in [1.807, 2.05) is 109 Å². The molecule has 2 aromatic rings. The SMILES string of the molecule is CCc1c(CO[P+](=O)[O-])cc(C(C)(C)C)c(O)c1C(C)(C)C.CCc1c(CO[P+](=O)[O-])cc(C(C)(C)C)c(O)c1C(C)(C)C.[Ca+2]. The summed E-state index contributed by atoms with van der Waals surface area (Å²) in [6, 6.07) is 3.75. The number of phenolic OH excluding ortho intramolecular Hbond substituents is 2. The minimum Gasteiger partial charge on any atom is -0.566 e. The van der Waals surface area contributed by atoms with Crippen molar-refractivity contribution in [2.45, 2.75) is 145 Å². The summed E-state index contributed by atoms with van der Waals surface area (Å²) in [5.41, 5.74) is 5.99. The third kappa shape index (κ3) is 12.4. The van der Waals surface area contributed by atoms with Crippen LogP contribution in [0.15, 0.2) is 12.1 Å². The summed E-state index contributed by atoms with van der Waals surface area (Å²) >= 11 is 0. The van der Waals surface area contributed by atoms with Gasteiger partial charge in [-0.25, -0.2) is 0 Å². The maximum atomic E-state index is 10.8. The Kier molecular flexibility index (Phi) is 16.9. The van der Waals surface area contributed by atoms with Gasteiger partial charge in [-0.1, -0.05) is 96.9 Å². The quantitative estimate of drug-likeness (QED) is 0.211. The smallest absolute Gasteiger partial charge is 0.566 e.